The molecule has 1 aliphatic heterocycles. The van der Waals surface area contributed by atoms with Crippen molar-refractivity contribution in [3.05, 3.63) is 28.7 Å². The molecule has 22 heavy (non-hydrogen) atoms. The number of hydrogen-bond acceptors (Lipinski definition) is 3. The van der Waals surface area contributed by atoms with Gasteiger partial charge in [-0.05, 0) is 38.3 Å². The first-order chi connectivity index (χ1) is 10.2. The molecule has 2 atom stereocenters. The summed E-state index contributed by atoms with van der Waals surface area (Å²) in [5.74, 6) is 0.557. The van der Waals surface area contributed by atoms with Crippen molar-refractivity contribution in [2.45, 2.75) is 39.2 Å². The summed E-state index contributed by atoms with van der Waals surface area (Å²) < 4.78 is 1.61. The molecule has 6 heteroatoms. The fourth-order valence-corrected chi connectivity index (χ4v) is 3.80. The molecule has 3 rings (SSSR count). The molecule has 1 saturated heterocycles. The van der Waals surface area contributed by atoms with Crippen molar-refractivity contribution in [2.75, 3.05) is 18.4 Å². The van der Waals surface area contributed by atoms with E-state index in [1.165, 1.54) is 12.5 Å². The lowest BCUT2D eigenvalue weighted by Crippen LogP contribution is -2.44. The molecule has 1 amide bonds. The van der Waals surface area contributed by atoms with Crippen LogP contribution in [0.1, 0.15) is 32.6 Å². The van der Waals surface area contributed by atoms with Crippen molar-refractivity contribution < 1.29 is 4.79 Å². The summed E-state index contributed by atoms with van der Waals surface area (Å²) in [7, 11) is 0. The number of amides is 1. The van der Waals surface area contributed by atoms with Crippen molar-refractivity contribution in [3.8, 4) is 0 Å². The number of carbonyl (C=O) groups is 1. The van der Waals surface area contributed by atoms with Crippen LogP contribution in [-0.2, 0) is 11.3 Å². The standard InChI is InChI=1S/C16H23N3O2.ClH/c1-2-19-10-13(6-7-14(19)20)18-15(21)16-8-4-3-5-12(16)9-17-11-16;/h6-7,10,12,17H,2-5,8-9,11H2,1H3,(H,18,21);1H/t12-,16+;/m0./s1. The molecule has 0 bridgehead atoms. The smallest absolute Gasteiger partial charge is 0.250 e. The Hall–Kier alpha value is -1.33. The van der Waals surface area contributed by atoms with Gasteiger partial charge in [-0.15, -0.1) is 12.4 Å². The zero-order valence-electron chi connectivity index (χ0n) is 12.9. The molecule has 0 spiro atoms. The van der Waals surface area contributed by atoms with Crippen molar-refractivity contribution >= 4 is 24.0 Å². The van der Waals surface area contributed by atoms with Gasteiger partial charge in [0.2, 0.25) is 5.91 Å². The Balaban J connectivity index is 0.00000176. The Morgan fingerprint density at radius 2 is 2.27 bits per heavy atom. The van der Waals surface area contributed by atoms with Crippen molar-refractivity contribution in [3.63, 3.8) is 0 Å². The maximum Gasteiger partial charge on any atom is 0.250 e. The first-order valence-corrected chi connectivity index (χ1v) is 7.88. The third kappa shape index (κ3) is 2.92. The molecular weight excluding hydrogens is 302 g/mol. The molecule has 5 nitrogen and oxygen atoms in total. The van der Waals surface area contributed by atoms with Gasteiger partial charge in [-0.1, -0.05) is 12.8 Å². The van der Waals surface area contributed by atoms with E-state index >= 15 is 0 Å². The van der Waals surface area contributed by atoms with Gasteiger partial charge in [0.25, 0.3) is 5.56 Å². The Morgan fingerprint density at radius 3 is 3.05 bits per heavy atom. The minimum atomic E-state index is -0.259. The summed E-state index contributed by atoms with van der Waals surface area (Å²) in [6, 6.07) is 3.21. The summed E-state index contributed by atoms with van der Waals surface area (Å²) in [5, 5.41) is 6.42. The second-order valence-electron chi connectivity index (χ2n) is 6.23. The van der Waals surface area contributed by atoms with Crippen LogP contribution in [-0.4, -0.2) is 23.6 Å². The van der Waals surface area contributed by atoms with Crippen LogP contribution >= 0.6 is 12.4 Å². The van der Waals surface area contributed by atoms with Crippen molar-refractivity contribution in [2.24, 2.45) is 11.3 Å². The molecule has 1 aromatic rings. The number of aryl methyl sites for hydroxylation is 1. The molecule has 2 fully saturated rings. The van der Waals surface area contributed by atoms with Crippen LogP contribution in [0.2, 0.25) is 0 Å². The van der Waals surface area contributed by atoms with Gasteiger partial charge in [-0.25, -0.2) is 0 Å². The second kappa shape index (κ2) is 6.84. The third-order valence-electron chi connectivity index (χ3n) is 5.07. The normalized spacial score (nSPS) is 26.9. The number of nitrogens with zero attached hydrogens (tertiary/aromatic N) is 1. The second-order valence-corrected chi connectivity index (χ2v) is 6.23. The lowest BCUT2D eigenvalue weighted by Gasteiger charge is -2.37. The van der Waals surface area contributed by atoms with Crippen LogP contribution in [0.3, 0.4) is 0 Å². The summed E-state index contributed by atoms with van der Waals surface area (Å²) in [6.45, 7) is 4.25. The number of hydrogen-bond donors (Lipinski definition) is 2. The fourth-order valence-electron chi connectivity index (χ4n) is 3.80. The first-order valence-electron chi connectivity index (χ1n) is 7.88. The molecule has 2 heterocycles. The van der Waals surface area contributed by atoms with E-state index in [1.807, 2.05) is 6.92 Å². The molecule has 1 saturated carbocycles. The average Bonchev–Trinajstić information content (AvgIpc) is 2.94. The maximum absolute atomic E-state index is 12.8. The monoisotopic (exact) mass is 325 g/mol. The van der Waals surface area contributed by atoms with Gasteiger partial charge in [0.15, 0.2) is 0 Å². The highest BCUT2D eigenvalue weighted by molar-refractivity contribution is 5.96. The van der Waals surface area contributed by atoms with E-state index in [-0.39, 0.29) is 29.3 Å². The predicted molar refractivity (Wildman–Crippen MR) is 89.5 cm³/mol. The molecule has 0 unspecified atom stereocenters. The van der Waals surface area contributed by atoms with Gasteiger partial charge in [0.05, 0.1) is 11.1 Å². The number of halogens is 1. The largest absolute Gasteiger partial charge is 0.324 e. The van der Waals surface area contributed by atoms with Crippen LogP contribution in [0.4, 0.5) is 5.69 Å². The van der Waals surface area contributed by atoms with Crippen molar-refractivity contribution in [1.29, 1.82) is 0 Å². The van der Waals surface area contributed by atoms with Gasteiger partial charge in [-0.2, -0.15) is 0 Å². The lowest BCUT2D eigenvalue weighted by molar-refractivity contribution is -0.128. The number of nitrogens with one attached hydrogen (secondary N) is 2. The van der Waals surface area contributed by atoms with E-state index in [1.54, 1.807) is 16.8 Å². The Labute approximate surface area is 136 Å². The highest BCUT2D eigenvalue weighted by atomic mass is 35.5. The van der Waals surface area contributed by atoms with Gasteiger partial charge >= 0.3 is 0 Å². The molecule has 2 N–H and O–H groups in total. The fraction of sp³-hybridized carbons (Fsp3) is 0.625. The van der Waals surface area contributed by atoms with E-state index in [9.17, 15) is 9.59 Å². The minimum absolute atomic E-state index is 0. The van der Waals surface area contributed by atoms with Crippen molar-refractivity contribution in [1.82, 2.24) is 9.88 Å². The summed E-state index contributed by atoms with van der Waals surface area (Å²) in [4.78, 5) is 24.4. The van der Waals surface area contributed by atoms with Crippen LogP contribution in [0.5, 0.6) is 0 Å². The molecule has 122 valence electrons. The maximum atomic E-state index is 12.8. The number of anilines is 1. The Bertz CT molecular complexity index is 601. The summed E-state index contributed by atoms with van der Waals surface area (Å²) in [5.41, 5.74) is 0.421. The Kier molecular flexibility index (Phi) is 5.29. The molecule has 1 aromatic heterocycles. The highest BCUT2D eigenvalue weighted by Gasteiger charge is 2.49. The van der Waals surface area contributed by atoms with Gasteiger partial charge in [-0.3, -0.25) is 9.59 Å². The Morgan fingerprint density at radius 1 is 1.45 bits per heavy atom. The van der Waals surface area contributed by atoms with Crippen LogP contribution < -0.4 is 16.2 Å². The quantitative estimate of drug-likeness (QED) is 0.893. The summed E-state index contributed by atoms with van der Waals surface area (Å²) >= 11 is 0. The molecule has 0 radical (unpaired) electrons. The highest BCUT2D eigenvalue weighted by Crippen LogP contribution is 2.44. The van der Waals surface area contributed by atoms with Crippen LogP contribution in [0, 0.1) is 11.3 Å². The topological polar surface area (TPSA) is 63.1 Å². The van der Waals surface area contributed by atoms with E-state index in [0.717, 1.165) is 32.4 Å². The number of carbonyl (C=O) groups excluding carboxylic acids is 1. The number of aromatic nitrogens is 1. The van der Waals surface area contributed by atoms with Crippen LogP contribution in [0.15, 0.2) is 23.1 Å². The zero-order valence-corrected chi connectivity index (χ0v) is 13.7. The molecule has 2 aliphatic rings. The number of pyridine rings is 1. The molecule has 1 aliphatic carbocycles. The van der Waals surface area contributed by atoms with Gasteiger partial charge in [0, 0.05) is 25.4 Å². The van der Waals surface area contributed by atoms with Gasteiger partial charge in [0.1, 0.15) is 0 Å². The van der Waals surface area contributed by atoms with Crippen LogP contribution in [0.25, 0.3) is 0 Å². The number of fused-ring (bicyclic) bond motifs is 1. The minimum Gasteiger partial charge on any atom is -0.324 e. The molecular formula is C16H24ClN3O2. The third-order valence-corrected chi connectivity index (χ3v) is 5.07. The zero-order chi connectivity index (χ0) is 14.9. The van der Waals surface area contributed by atoms with E-state index < -0.39 is 0 Å². The lowest BCUT2D eigenvalue weighted by atomic mass is 9.67. The first kappa shape index (κ1) is 17.0. The van der Waals surface area contributed by atoms with E-state index in [0.29, 0.717) is 18.2 Å². The van der Waals surface area contributed by atoms with Gasteiger partial charge < -0.3 is 15.2 Å². The SMILES string of the molecule is CCn1cc(NC(=O)[C@@]23CCCC[C@H]2CNC3)ccc1=O.Cl. The predicted octanol–water partition coefficient (Wildman–Crippen LogP) is 2.01. The summed E-state index contributed by atoms with van der Waals surface area (Å²) in [6.07, 6.45) is 6.18. The average molecular weight is 326 g/mol. The molecule has 0 aromatic carbocycles. The van der Waals surface area contributed by atoms with E-state index in [4.69, 9.17) is 0 Å². The van der Waals surface area contributed by atoms with E-state index in [2.05, 4.69) is 10.6 Å². The number of rotatable bonds is 3.